The van der Waals surface area contributed by atoms with Crippen molar-refractivity contribution in [3.05, 3.63) is 29.8 Å². The van der Waals surface area contributed by atoms with Crippen molar-refractivity contribution in [1.29, 1.82) is 0 Å². The van der Waals surface area contributed by atoms with Gasteiger partial charge < -0.3 is 19.4 Å². The number of unbranched alkanes of at least 4 members (excludes halogenated alkanes) is 2. The van der Waals surface area contributed by atoms with Crippen molar-refractivity contribution >= 4 is 11.7 Å². The Morgan fingerprint density at radius 2 is 1.88 bits per heavy atom. The van der Waals surface area contributed by atoms with E-state index in [0.717, 1.165) is 29.9 Å². The number of oxime groups is 1. The van der Waals surface area contributed by atoms with E-state index in [2.05, 4.69) is 12.1 Å². The summed E-state index contributed by atoms with van der Waals surface area (Å²) in [7, 11) is 0. The first-order valence-corrected chi connectivity index (χ1v) is 9.28. The van der Waals surface area contributed by atoms with Crippen LogP contribution in [0.15, 0.2) is 29.4 Å². The number of carbonyl (C=O) groups is 1. The fourth-order valence-electron chi connectivity index (χ4n) is 2.29. The number of hydrogen-bond acceptors (Lipinski definition) is 5. The predicted octanol–water partition coefficient (Wildman–Crippen LogP) is 4.07. The van der Waals surface area contributed by atoms with Crippen LogP contribution in [-0.2, 0) is 20.8 Å². The van der Waals surface area contributed by atoms with E-state index < -0.39 is 12.1 Å². The zero-order valence-electron chi connectivity index (χ0n) is 16.1. The summed E-state index contributed by atoms with van der Waals surface area (Å²) in [5.41, 5.74) is 1.80. The van der Waals surface area contributed by atoms with Crippen molar-refractivity contribution in [2.75, 3.05) is 19.8 Å². The summed E-state index contributed by atoms with van der Waals surface area (Å²) in [5, 5.41) is 13.2. The molecule has 0 saturated heterocycles. The molecule has 0 aliphatic rings. The highest BCUT2D eigenvalue weighted by atomic mass is 16.6. The molecule has 0 amide bonds. The SMILES string of the molecule is CCCCCO/N=C(\C)CCOc1ccc(CC(OCC)C(=O)O)cc1. The van der Waals surface area contributed by atoms with Gasteiger partial charge in [0, 0.05) is 19.4 Å². The Labute approximate surface area is 156 Å². The molecule has 0 saturated carbocycles. The van der Waals surface area contributed by atoms with E-state index in [-0.39, 0.29) is 0 Å². The lowest BCUT2D eigenvalue weighted by atomic mass is 10.1. The Kier molecular flexibility index (Phi) is 11.1. The van der Waals surface area contributed by atoms with E-state index in [1.165, 1.54) is 6.42 Å². The minimum absolute atomic E-state index is 0.338. The van der Waals surface area contributed by atoms with Crippen molar-refractivity contribution in [2.24, 2.45) is 5.16 Å². The Morgan fingerprint density at radius 3 is 2.50 bits per heavy atom. The van der Waals surface area contributed by atoms with Gasteiger partial charge in [-0.25, -0.2) is 4.79 Å². The molecule has 0 fully saturated rings. The summed E-state index contributed by atoms with van der Waals surface area (Å²) in [6.07, 6.45) is 3.57. The summed E-state index contributed by atoms with van der Waals surface area (Å²) in [6, 6.07) is 7.41. The van der Waals surface area contributed by atoms with E-state index in [0.29, 0.717) is 32.7 Å². The minimum Gasteiger partial charge on any atom is -0.493 e. The molecule has 146 valence electrons. The Morgan fingerprint density at radius 1 is 1.15 bits per heavy atom. The zero-order valence-corrected chi connectivity index (χ0v) is 16.1. The summed E-state index contributed by atoms with van der Waals surface area (Å²) in [5.74, 6) is -0.201. The first-order valence-electron chi connectivity index (χ1n) is 9.28. The minimum atomic E-state index is -0.946. The molecule has 0 bridgehead atoms. The number of benzene rings is 1. The lowest BCUT2D eigenvalue weighted by Gasteiger charge is -2.13. The number of ether oxygens (including phenoxy) is 2. The van der Waals surface area contributed by atoms with E-state index >= 15 is 0 Å². The average molecular weight is 365 g/mol. The number of hydrogen-bond donors (Lipinski definition) is 1. The molecule has 1 rings (SSSR count). The third-order valence-electron chi connectivity index (χ3n) is 3.78. The quantitative estimate of drug-likeness (QED) is 0.305. The molecule has 0 heterocycles. The topological polar surface area (TPSA) is 77.3 Å². The van der Waals surface area contributed by atoms with Crippen molar-refractivity contribution in [3.63, 3.8) is 0 Å². The first kappa shape index (κ1) is 22.0. The van der Waals surface area contributed by atoms with Gasteiger partial charge >= 0.3 is 5.97 Å². The van der Waals surface area contributed by atoms with Gasteiger partial charge in [-0.05, 0) is 38.0 Å². The zero-order chi connectivity index (χ0) is 19.2. The van der Waals surface area contributed by atoms with Crippen LogP contribution in [0.1, 0.15) is 52.0 Å². The van der Waals surface area contributed by atoms with Gasteiger partial charge in [-0.15, -0.1) is 0 Å². The van der Waals surface area contributed by atoms with Gasteiger partial charge in [-0.2, -0.15) is 0 Å². The maximum atomic E-state index is 11.1. The highest BCUT2D eigenvalue weighted by molar-refractivity contribution is 5.81. The highest BCUT2D eigenvalue weighted by Gasteiger charge is 2.17. The second-order valence-electron chi connectivity index (χ2n) is 6.10. The van der Waals surface area contributed by atoms with E-state index in [1.807, 2.05) is 31.2 Å². The molecule has 0 aliphatic heterocycles. The third kappa shape index (κ3) is 9.42. The highest BCUT2D eigenvalue weighted by Crippen LogP contribution is 2.15. The van der Waals surface area contributed by atoms with Gasteiger partial charge in [0.2, 0.25) is 0 Å². The Balaban J connectivity index is 2.33. The largest absolute Gasteiger partial charge is 0.493 e. The smallest absolute Gasteiger partial charge is 0.333 e. The van der Waals surface area contributed by atoms with Crippen LogP contribution in [0.5, 0.6) is 5.75 Å². The molecule has 1 aromatic rings. The summed E-state index contributed by atoms with van der Waals surface area (Å²) < 4.78 is 10.9. The maximum Gasteiger partial charge on any atom is 0.333 e. The second kappa shape index (κ2) is 13.2. The molecule has 1 aromatic carbocycles. The number of carboxylic acid groups (broad SMARTS) is 1. The molecule has 1 unspecified atom stereocenters. The van der Waals surface area contributed by atoms with Crippen LogP contribution in [-0.4, -0.2) is 42.7 Å². The van der Waals surface area contributed by atoms with Crippen molar-refractivity contribution in [2.45, 2.75) is 59.0 Å². The van der Waals surface area contributed by atoms with Gasteiger partial charge in [-0.3, -0.25) is 0 Å². The van der Waals surface area contributed by atoms with Gasteiger partial charge in [-0.1, -0.05) is 37.1 Å². The maximum absolute atomic E-state index is 11.1. The molecule has 6 nitrogen and oxygen atoms in total. The van der Waals surface area contributed by atoms with Crippen LogP contribution in [0.4, 0.5) is 0 Å². The van der Waals surface area contributed by atoms with Gasteiger partial charge in [0.05, 0.1) is 12.3 Å². The summed E-state index contributed by atoms with van der Waals surface area (Å²) in [4.78, 5) is 16.4. The molecule has 6 heteroatoms. The number of nitrogens with zero attached hydrogens (tertiary/aromatic N) is 1. The Bertz CT molecular complexity index is 542. The molecule has 0 radical (unpaired) electrons. The third-order valence-corrected chi connectivity index (χ3v) is 3.78. The van der Waals surface area contributed by atoms with Crippen LogP contribution in [0, 0.1) is 0 Å². The number of rotatable bonds is 14. The molecule has 26 heavy (non-hydrogen) atoms. The Hall–Kier alpha value is -2.08. The van der Waals surface area contributed by atoms with Gasteiger partial charge in [0.1, 0.15) is 12.4 Å². The van der Waals surface area contributed by atoms with Crippen molar-refractivity contribution < 1.29 is 24.2 Å². The fourth-order valence-corrected chi connectivity index (χ4v) is 2.29. The van der Waals surface area contributed by atoms with E-state index in [1.54, 1.807) is 6.92 Å². The monoisotopic (exact) mass is 365 g/mol. The van der Waals surface area contributed by atoms with E-state index in [4.69, 9.17) is 19.4 Å². The van der Waals surface area contributed by atoms with Crippen LogP contribution >= 0.6 is 0 Å². The van der Waals surface area contributed by atoms with Gasteiger partial charge in [0.25, 0.3) is 0 Å². The molecule has 1 atom stereocenters. The van der Waals surface area contributed by atoms with E-state index in [9.17, 15) is 4.79 Å². The lowest BCUT2D eigenvalue weighted by molar-refractivity contribution is -0.149. The van der Waals surface area contributed by atoms with Crippen LogP contribution in [0.3, 0.4) is 0 Å². The van der Waals surface area contributed by atoms with Crippen molar-refractivity contribution in [3.8, 4) is 5.75 Å². The molecular weight excluding hydrogens is 334 g/mol. The summed E-state index contributed by atoms with van der Waals surface area (Å²) in [6.45, 7) is 7.42. The lowest BCUT2D eigenvalue weighted by Crippen LogP contribution is -2.26. The van der Waals surface area contributed by atoms with Crippen LogP contribution in [0.25, 0.3) is 0 Å². The average Bonchev–Trinajstić information content (AvgIpc) is 2.62. The second-order valence-corrected chi connectivity index (χ2v) is 6.10. The molecule has 0 aromatic heterocycles. The molecule has 1 N–H and O–H groups in total. The summed E-state index contributed by atoms with van der Waals surface area (Å²) >= 11 is 0. The standard InChI is InChI=1S/C20H31NO5/c1-4-6-7-13-26-21-16(3)12-14-25-18-10-8-17(9-11-18)15-19(20(22)23)24-5-2/h8-11,19H,4-7,12-15H2,1-3H3,(H,22,23)/b21-16+. The van der Waals surface area contributed by atoms with Crippen LogP contribution < -0.4 is 4.74 Å². The first-order chi connectivity index (χ1) is 12.6. The molecule has 0 spiro atoms. The van der Waals surface area contributed by atoms with Gasteiger partial charge in [0.15, 0.2) is 6.10 Å². The molecule has 0 aliphatic carbocycles. The van der Waals surface area contributed by atoms with Crippen LogP contribution in [0.2, 0.25) is 0 Å². The number of aliphatic carboxylic acids is 1. The fraction of sp³-hybridized carbons (Fsp3) is 0.600. The normalized spacial score (nSPS) is 12.7. The predicted molar refractivity (Wildman–Crippen MR) is 102 cm³/mol. The van der Waals surface area contributed by atoms with Crippen molar-refractivity contribution in [1.82, 2.24) is 0 Å². The molecular formula is C20H31NO5. The number of carboxylic acids is 1.